The second kappa shape index (κ2) is 5.71. The quantitative estimate of drug-likeness (QED) is 0.870. The maximum Gasteiger partial charge on any atom is 0.258 e. The van der Waals surface area contributed by atoms with Crippen molar-refractivity contribution in [2.45, 2.75) is 40.7 Å². The van der Waals surface area contributed by atoms with Gasteiger partial charge in [-0.2, -0.15) is 0 Å². The Morgan fingerprint density at radius 1 is 1.24 bits per heavy atom. The van der Waals surface area contributed by atoms with Gasteiger partial charge in [-0.15, -0.1) is 0 Å². The number of ether oxygens (including phenoxy) is 1. The second-order valence-electron chi connectivity index (χ2n) is 4.66. The third-order valence-electron chi connectivity index (χ3n) is 2.67. The predicted octanol–water partition coefficient (Wildman–Crippen LogP) is 2.52. The van der Waals surface area contributed by atoms with Crippen molar-refractivity contribution in [3.8, 4) is 5.75 Å². The first-order valence-corrected chi connectivity index (χ1v) is 5.90. The molecule has 0 saturated heterocycles. The number of rotatable bonds is 4. The second-order valence-corrected chi connectivity index (χ2v) is 4.66. The van der Waals surface area contributed by atoms with E-state index in [1.807, 2.05) is 40.7 Å². The number of carbonyl (C=O) groups is 1. The number of carbonyl (C=O) groups excluding carboxylic acids is 1. The van der Waals surface area contributed by atoms with E-state index in [2.05, 4.69) is 11.4 Å². The van der Waals surface area contributed by atoms with Crippen LogP contribution < -0.4 is 10.1 Å². The van der Waals surface area contributed by atoms with Gasteiger partial charge in [0.15, 0.2) is 6.61 Å². The van der Waals surface area contributed by atoms with E-state index in [4.69, 9.17) is 4.74 Å². The van der Waals surface area contributed by atoms with E-state index in [0.717, 1.165) is 16.9 Å². The normalized spacial score (nSPS) is 10.5. The van der Waals surface area contributed by atoms with Crippen LogP contribution in [0.3, 0.4) is 0 Å². The third kappa shape index (κ3) is 3.77. The van der Waals surface area contributed by atoms with E-state index < -0.39 is 0 Å². The van der Waals surface area contributed by atoms with Crippen LogP contribution >= 0.6 is 0 Å². The lowest BCUT2D eigenvalue weighted by atomic mass is 10.1. The molecular formula is C14H21NO2. The van der Waals surface area contributed by atoms with Gasteiger partial charge in [-0.25, -0.2) is 0 Å². The summed E-state index contributed by atoms with van der Waals surface area (Å²) >= 11 is 0. The molecule has 3 heteroatoms. The number of amides is 1. The Balaban J connectivity index is 2.69. The summed E-state index contributed by atoms with van der Waals surface area (Å²) in [7, 11) is 0. The Bertz CT molecular complexity index is 411. The molecule has 0 spiro atoms. The number of nitrogens with one attached hydrogen (secondary N) is 1. The van der Waals surface area contributed by atoms with Crippen LogP contribution in [0.5, 0.6) is 5.75 Å². The van der Waals surface area contributed by atoms with Crippen LogP contribution in [-0.4, -0.2) is 18.6 Å². The largest absolute Gasteiger partial charge is 0.483 e. The minimum Gasteiger partial charge on any atom is -0.483 e. The Hall–Kier alpha value is -1.51. The number of benzene rings is 1. The lowest BCUT2D eigenvalue weighted by Gasteiger charge is -2.14. The topological polar surface area (TPSA) is 38.3 Å². The average molecular weight is 235 g/mol. The van der Waals surface area contributed by atoms with Gasteiger partial charge in [-0.05, 0) is 51.3 Å². The van der Waals surface area contributed by atoms with E-state index in [1.165, 1.54) is 5.56 Å². The van der Waals surface area contributed by atoms with Crippen LogP contribution in [0.1, 0.15) is 30.5 Å². The third-order valence-corrected chi connectivity index (χ3v) is 2.67. The summed E-state index contributed by atoms with van der Waals surface area (Å²) in [6.07, 6.45) is 0. The molecule has 0 unspecified atom stereocenters. The van der Waals surface area contributed by atoms with Crippen LogP contribution in [0.25, 0.3) is 0 Å². The minimum atomic E-state index is -0.0830. The number of hydrogen-bond donors (Lipinski definition) is 1. The van der Waals surface area contributed by atoms with Crippen LogP contribution in [0, 0.1) is 20.8 Å². The SMILES string of the molecule is Cc1ccc(C)c(OCC(=O)NC(C)C)c1C. The summed E-state index contributed by atoms with van der Waals surface area (Å²) in [6.45, 7) is 9.97. The van der Waals surface area contributed by atoms with Gasteiger partial charge in [0.05, 0.1) is 0 Å². The van der Waals surface area contributed by atoms with E-state index >= 15 is 0 Å². The van der Waals surface area contributed by atoms with E-state index in [9.17, 15) is 4.79 Å². The molecule has 0 aliphatic carbocycles. The smallest absolute Gasteiger partial charge is 0.258 e. The van der Waals surface area contributed by atoms with Crippen LogP contribution in [0.15, 0.2) is 12.1 Å². The molecule has 0 heterocycles. The molecule has 0 bridgehead atoms. The zero-order valence-electron chi connectivity index (χ0n) is 11.3. The van der Waals surface area contributed by atoms with Crippen molar-refractivity contribution in [2.75, 3.05) is 6.61 Å². The molecule has 1 aromatic carbocycles. The van der Waals surface area contributed by atoms with Gasteiger partial charge in [0.1, 0.15) is 5.75 Å². The molecule has 1 rings (SSSR count). The van der Waals surface area contributed by atoms with Crippen molar-refractivity contribution in [2.24, 2.45) is 0 Å². The molecule has 0 aliphatic rings. The maximum absolute atomic E-state index is 11.5. The molecular weight excluding hydrogens is 214 g/mol. The van der Waals surface area contributed by atoms with Gasteiger partial charge in [-0.3, -0.25) is 4.79 Å². The first-order valence-electron chi connectivity index (χ1n) is 5.90. The molecule has 1 amide bonds. The standard InChI is InChI=1S/C14H21NO2/c1-9(2)15-13(16)8-17-14-11(4)7-6-10(3)12(14)5/h6-7,9H,8H2,1-5H3,(H,15,16). The highest BCUT2D eigenvalue weighted by Crippen LogP contribution is 2.25. The minimum absolute atomic E-state index is 0.0727. The fraction of sp³-hybridized carbons (Fsp3) is 0.500. The molecule has 0 radical (unpaired) electrons. The van der Waals surface area contributed by atoms with E-state index in [1.54, 1.807) is 0 Å². The van der Waals surface area contributed by atoms with E-state index in [0.29, 0.717) is 0 Å². The van der Waals surface area contributed by atoms with Gasteiger partial charge in [0.25, 0.3) is 5.91 Å². The van der Waals surface area contributed by atoms with Crippen molar-refractivity contribution < 1.29 is 9.53 Å². The molecule has 0 aromatic heterocycles. The summed E-state index contributed by atoms with van der Waals surface area (Å²) < 4.78 is 5.60. The Morgan fingerprint density at radius 2 is 1.82 bits per heavy atom. The van der Waals surface area contributed by atoms with Crippen LogP contribution in [-0.2, 0) is 4.79 Å². The van der Waals surface area contributed by atoms with E-state index in [-0.39, 0.29) is 18.6 Å². The summed E-state index contributed by atoms with van der Waals surface area (Å²) in [5.41, 5.74) is 3.34. The molecule has 94 valence electrons. The number of aryl methyl sites for hydroxylation is 2. The molecule has 0 fully saturated rings. The van der Waals surface area contributed by atoms with Crippen LogP contribution in [0.2, 0.25) is 0 Å². The van der Waals surface area contributed by atoms with Gasteiger partial charge in [0, 0.05) is 6.04 Å². The van der Waals surface area contributed by atoms with Crippen molar-refractivity contribution in [1.82, 2.24) is 5.32 Å². The zero-order valence-corrected chi connectivity index (χ0v) is 11.3. The summed E-state index contributed by atoms with van der Waals surface area (Å²) in [5, 5.41) is 2.80. The molecule has 0 atom stereocenters. The Labute approximate surface area is 103 Å². The first kappa shape index (κ1) is 13.6. The molecule has 17 heavy (non-hydrogen) atoms. The lowest BCUT2D eigenvalue weighted by molar-refractivity contribution is -0.123. The van der Waals surface area contributed by atoms with Gasteiger partial charge in [0.2, 0.25) is 0 Å². The van der Waals surface area contributed by atoms with Crippen LogP contribution in [0.4, 0.5) is 0 Å². The Morgan fingerprint density at radius 3 is 2.41 bits per heavy atom. The zero-order chi connectivity index (χ0) is 13.0. The molecule has 1 aromatic rings. The summed E-state index contributed by atoms with van der Waals surface area (Å²) in [5.74, 6) is 0.740. The molecule has 3 nitrogen and oxygen atoms in total. The average Bonchev–Trinajstić information content (AvgIpc) is 2.23. The fourth-order valence-electron chi connectivity index (χ4n) is 1.65. The Kier molecular flexibility index (Phi) is 4.55. The molecule has 0 saturated carbocycles. The highest BCUT2D eigenvalue weighted by atomic mass is 16.5. The predicted molar refractivity (Wildman–Crippen MR) is 69.4 cm³/mol. The summed E-state index contributed by atoms with van der Waals surface area (Å²) in [6, 6.07) is 4.22. The lowest BCUT2D eigenvalue weighted by Crippen LogP contribution is -2.34. The highest BCUT2D eigenvalue weighted by molar-refractivity contribution is 5.77. The van der Waals surface area contributed by atoms with Gasteiger partial charge < -0.3 is 10.1 Å². The first-order chi connectivity index (χ1) is 7.91. The van der Waals surface area contributed by atoms with Gasteiger partial charge >= 0.3 is 0 Å². The van der Waals surface area contributed by atoms with Gasteiger partial charge in [-0.1, -0.05) is 12.1 Å². The van der Waals surface area contributed by atoms with Crippen molar-refractivity contribution in [3.63, 3.8) is 0 Å². The van der Waals surface area contributed by atoms with Crippen molar-refractivity contribution >= 4 is 5.91 Å². The fourth-order valence-corrected chi connectivity index (χ4v) is 1.65. The highest BCUT2D eigenvalue weighted by Gasteiger charge is 2.09. The number of hydrogen-bond acceptors (Lipinski definition) is 2. The van der Waals surface area contributed by atoms with Crippen molar-refractivity contribution in [1.29, 1.82) is 0 Å². The molecule has 1 N–H and O–H groups in total. The molecule has 0 aliphatic heterocycles. The summed E-state index contributed by atoms with van der Waals surface area (Å²) in [4.78, 5) is 11.5. The maximum atomic E-state index is 11.5. The monoisotopic (exact) mass is 235 g/mol. The van der Waals surface area contributed by atoms with Crippen molar-refractivity contribution in [3.05, 3.63) is 28.8 Å².